The molecule has 0 bridgehead atoms. The normalized spacial score (nSPS) is 20.0. The number of hydrogen-bond acceptors (Lipinski definition) is 0. The zero-order valence-corrected chi connectivity index (χ0v) is 68.3. The van der Waals surface area contributed by atoms with Gasteiger partial charge in [0.2, 0.25) is 0 Å². The molecule has 8 fully saturated rings. The van der Waals surface area contributed by atoms with Crippen molar-refractivity contribution in [2.45, 2.75) is 308 Å². The summed E-state index contributed by atoms with van der Waals surface area (Å²) in [6, 6.07) is 55.6. The molecule has 0 atom stereocenters. The summed E-state index contributed by atoms with van der Waals surface area (Å²) >= 11 is 3.11. The van der Waals surface area contributed by atoms with Crippen LogP contribution in [0.25, 0.3) is 43.1 Å². The third-order valence-corrected chi connectivity index (χ3v) is 25.6. The smallest absolute Gasteiger partial charge is 0.0430 e. The van der Waals surface area contributed by atoms with Crippen LogP contribution in [0.15, 0.2) is 146 Å². The second-order valence-corrected chi connectivity index (χ2v) is 37.7. The third-order valence-electron chi connectivity index (χ3n) is 25.6. The monoisotopic (exact) mass is 1510 g/mol. The molecular weight excluding hydrogens is 1380 g/mol. The molecule has 0 unspecified atom stereocenters. The molecule has 0 spiro atoms. The van der Waals surface area contributed by atoms with Crippen molar-refractivity contribution in [3.63, 3.8) is 0 Å². The Morgan fingerprint density at radius 3 is 0.520 bits per heavy atom. The van der Waals surface area contributed by atoms with Crippen molar-refractivity contribution in [3.8, 4) is 0 Å². The first-order valence-corrected chi connectivity index (χ1v) is 43.3. The van der Waals surface area contributed by atoms with E-state index < -0.39 is 0 Å². The summed E-state index contributed by atoms with van der Waals surface area (Å²) in [4.78, 5) is 0. The van der Waals surface area contributed by atoms with Crippen LogP contribution >= 0.6 is 0 Å². The van der Waals surface area contributed by atoms with Gasteiger partial charge in [0.05, 0.1) is 0 Å². The van der Waals surface area contributed by atoms with E-state index in [0.717, 1.165) is 71.0 Å². The van der Waals surface area contributed by atoms with Crippen LogP contribution in [-0.2, 0) is 48.5 Å². The van der Waals surface area contributed by atoms with Crippen LogP contribution in [0.1, 0.15) is 330 Å². The predicted octanol–water partition coefficient (Wildman–Crippen LogP) is 22.7. The van der Waals surface area contributed by atoms with E-state index in [-0.39, 0.29) is 24.8 Å². The van der Waals surface area contributed by atoms with Crippen LogP contribution in [0, 0.1) is 47.3 Å². The average molecular weight is 1510 g/mol. The zero-order chi connectivity index (χ0) is 66.3. The van der Waals surface area contributed by atoms with Crippen LogP contribution in [-0.4, -0.2) is 6.41 Å². The molecule has 0 heterocycles. The van der Waals surface area contributed by atoms with Crippen LogP contribution < -0.4 is 24.8 Å². The average Bonchev–Trinajstić information content (AvgIpc) is 1.64. The van der Waals surface area contributed by atoms with Gasteiger partial charge in [-0.2, -0.15) is 0 Å². The Morgan fingerprint density at radius 1 is 0.245 bits per heavy atom. The maximum Gasteiger partial charge on any atom is -0.0430 e. The maximum atomic E-state index is 2.47. The third kappa shape index (κ3) is 22.2. The minimum atomic E-state index is 0. The summed E-state index contributed by atoms with van der Waals surface area (Å²) in [5, 5.41) is 12.0. The van der Waals surface area contributed by atoms with Gasteiger partial charge in [-0.3, -0.25) is 0 Å². The van der Waals surface area contributed by atoms with E-state index >= 15 is 0 Å². The van der Waals surface area contributed by atoms with E-state index in [0.29, 0.717) is 0 Å². The summed E-state index contributed by atoms with van der Waals surface area (Å²) in [6.07, 6.45) is 58.7. The van der Waals surface area contributed by atoms with Crippen molar-refractivity contribution in [3.05, 3.63) is 168 Å². The molecule has 8 aromatic rings. The summed E-state index contributed by atoms with van der Waals surface area (Å²) in [5.74, 6) is 10.9. The van der Waals surface area contributed by atoms with Gasteiger partial charge in [-0.1, -0.05) is 305 Å². The fraction of sp³-hybridized carbons (Fsp3) is 0.596. The van der Waals surface area contributed by atoms with Crippen molar-refractivity contribution in [2.24, 2.45) is 47.3 Å². The molecule has 8 aliphatic carbocycles. The number of hydrogen-bond donors (Lipinski definition) is 0. The summed E-state index contributed by atoms with van der Waals surface area (Å²) in [6.45, 7) is 8.49. The van der Waals surface area contributed by atoms with Gasteiger partial charge in [0, 0.05) is 0 Å². The van der Waals surface area contributed by atoms with Crippen molar-refractivity contribution in [1.29, 1.82) is 0 Å². The molecule has 0 nitrogen and oxygen atoms in total. The van der Waals surface area contributed by atoms with Gasteiger partial charge in [0.25, 0.3) is 0 Å². The Balaban J connectivity index is 0.000000146. The number of rotatable bonds is 12. The van der Waals surface area contributed by atoms with Crippen LogP contribution in [0.2, 0.25) is 0 Å². The molecule has 16 rings (SSSR count). The SMILES string of the molecule is C[C](C)=[Zr+2].C[C](C)=[Zr+2].[Cl-].[Cl-].c1ccc2c(C(C3CCCCC3)C3CCCCC3)c[cH-]c2c1.c1ccc2c(C(C3CCCCC3)C3CCCCC3)c[cH-]c2c1.c1ccc2c(C(C3CCCCC3)C3CCCCC3)c[cH-]c2c1.c1ccc2c(C(C3CCCCC3)C3CCCCC3)c[cH-]c2c1. The second-order valence-electron chi connectivity index (χ2n) is 32.8. The topological polar surface area (TPSA) is 0 Å². The van der Waals surface area contributed by atoms with Gasteiger partial charge in [-0.25, -0.2) is 0 Å². The molecule has 0 N–H and O–H groups in total. The van der Waals surface area contributed by atoms with Crippen molar-refractivity contribution >= 4 is 49.5 Å². The molecule has 8 aromatic carbocycles. The first kappa shape index (κ1) is 79.5. The van der Waals surface area contributed by atoms with Crippen molar-refractivity contribution < 1.29 is 73.3 Å². The molecule has 0 saturated heterocycles. The largest absolute Gasteiger partial charge is 1.00 e. The fourth-order valence-corrected chi connectivity index (χ4v) is 21.4. The maximum absolute atomic E-state index is 2.47. The summed E-state index contributed by atoms with van der Waals surface area (Å²) in [5.41, 5.74) is 6.76. The van der Waals surface area contributed by atoms with Crippen LogP contribution in [0.3, 0.4) is 0 Å². The number of halogens is 2. The Hall–Kier alpha value is -2.59. The molecule has 98 heavy (non-hydrogen) atoms. The second kappa shape index (κ2) is 42.4. The van der Waals surface area contributed by atoms with E-state index in [1.807, 2.05) is 0 Å². The van der Waals surface area contributed by atoms with E-state index in [1.165, 1.54) is 285 Å². The minimum absolute atomic E-state index is 0. The van der Waals surface area contributed by atoms with E-state index in [4.69, 9.17) is 0 Å². The van der Waals surface area contributed by atoms with Gasteiger partial charge in [-0.15, -0.1) is 187 Å². The first-order valence-electron chi connectivity index (χ1n) is 40.8. The molecule has 528 valence electrons. The molecule has 0 aliphatic heterocycles. The Morgan fingerprint density at radius 2 is 0.378 bits per heavy atom. The Kier molecular flexibility index (Phi) is 34.4. The zero-order valence-electron chi connectivity index (χ0n) is 61.8. The van der Waals surface area contributed by atoms with Gasteiger partial charge in [0.15, 0.2) is 0 Å². The van der Waals surface area contributed by atoms with Gasteiger partial charge in [0.1, 0.15) is 0 Å². The molecule has 8 aliphatic rings. The summed E-state index contributed by atoms with van der Waals surface area (Å²) < 4.78 is 3.01. The molecule has 8 saturated carbocycles. The van der Waals surface area contributed by atoms with E-state index in [9.17, 15) is 0 Å². The van der Waals surface area contributed by atoms with Crippen LogP contribution in [0.4, 0.5) is 0 Å². The summed E-state index contributed by atoms with van der Waals surface area (Å²) in [7, 11) is 0. The fourth-order valence-electron chi connectivity index (χ4n) is 21.4. The van der Waals surface area contributed by atoms with Gasteiger partial charge < -0.3 is 24.8 Å². The molecule has 0 aromatic heterocycles. The first-order chi connectivity index (χ1) is 47.2. The molecule has 0 amide bonds. The van der Waals surface area contributed by atoms with E-state index in [1.54, 1.807) is 92.3 Å². The molecule has 0 radical (unpaired) electrons. The number of fused-ring (bicyclic) bond motifs is 4. The Labute approximate surface area is 640 Å². The van der Waals surface area contributed by atoms with E-state index in [2.05, 4.69) is 173 Å². The van der Waals surface area contributed by atoms with Gasteiger partial charge >= 0.3 is 82.6 Å². The quantitative estimate of drug-likeness (QED) is 0.107. The van der Waals surface area contributed by atoms with Crippen LogP contribution in [0.5, 0.6) is 0 Å². The Bertz CT molecular complexity index is 2960. The molecule has 4 heteroatoms. The number of benzene rings is 4. The van der Waals surface area contributed by atoms with Crippen molar-refractivity contribution in [1.82, 2.24) is 0 Å². The molecular formula is C94H128Cl2Zr2-2. The van der Waals surface area contributed by atoms with Crippen molar-refractivity contribution in [2.75, 3.05) is 0 Å². The van der Waals surface area contributed by atoms with Gasteiger partial charge in [-0.05, 0) is 47.3 Å². The predicted molar refractivity (Wildman–Crippen MR) is 414 cm³/mol. The standard InChI is InChI=1S/4C22H29.2C3H6.2ClH.2Zr/c4*1-3-10-18(11-4-1)22(19-12-5-2-6-13-19)21-16-15-17-9-7-8-14-20(17)21;2*1-3-2;;;;/h4*7-9,14-16,18-19,22H,1-6,10-13H2;2*1-2H3;2*1H;;/q4*-1;;;;;2*+2/p-2. The minimum Gasteiger partial charge on any atom is -1.00 e.